The van der Waals surface area contributed by atoms with Crippen LogP contribution in [0.4, 0.5) is 0 Å². The number of nitrogens with zero attached hydrogens (tertiary/aromatic N) is 1. The highest BCUT2D eigenvalue weighted by Gasteiger charge is 2.40. The molecule has 0 radical (unpaired) electrons. The number of piperidine rings is 1. The highest BCUT2D eigenvalue weighted by atomic mass is 16.5. The molecule has 0 spiro atoms. The fraction of sp³-hybridized carbons (Fsp3) is 0.562. The molecule has 0 aromatic heterocycles. The third-order valence-corrected chi connectivity index (χ3v) is 4.67. The highest BCUT2D eigenvalue weighted by Crippen LogP contribution is 2.29. The summed E-state index contributed by atoms with van der Waals surface area (Å²) < 4.78 is 5.32. The van der Waals surface area contributed by atoms with E-state index in [2.05, 4.69) is 22.3 Å². The molecule has 0 saturated carbocycles. The third kappa shape index (κ3) is 2.76. The molecule has 2 heterocycles. The molecule has 5 heteroatoms. The lowest BCUT2D eigenvalue weighted by Gasteiger charge is -2.36. The number of likely N-dealkylation sites (tertiary alicyclic amines) is 1. The van der Waals surface area contributed by atoms with E-state index < -0.39 is 0 Å². The Morgan fingerprint density at radius 1 is 1.48 bits per heavy atom. The predicted octanol–water partition coefficient (Wildman–Crippen LogP) is 0.864. The molecule has 21 heavy (non-hydrogen) atoms. The number of nitrogens with one attached hydrogen (secondary N) is 1. The first kappa shape index (κ1) is 14.4. The van der Waals surface area contributed by atoms with E-state index in [9.17, 15) is 4.79 Å². The molecule has 0 aliphatic carbocycles. The van der Waals surface area contributed by atoms with Gasteiger partial charge in [-0.05, 0) is 37.1 Å². The van der Waals surface area contributed by atoms with Crippen molar-refractivity contribution in [2.24, 2.45) is 11.7 Å². The smallest absolute Gasteiger partial charge is 0.224 e. The van der Waals surface area contributed by atoms with Crippen LogP contribution in [0.3, 0.4) is 0 Å². The maximum atomic E-state index is 11.8. The minimum Gasteiger partial charge on any atom is -0.496 e. The normalized spacial score (nSPS) is 25.5. The zero-order chi connectivity index (χ0) is 14.8. The van der Waals surface area contributed by atoms with Gasteiger partial charge in [-0.15, -0.1) is 0 Å². The predicted molar refractivity (Wildman–Crippen MR) is 80.8 cm³/mol. The number of ether oxygens (including phenoxy) is 1. The van der Waals surface area contributed by atoms with Crippen LogP contribution in [0.25, 0.3) is 0 Å². The van der Waals surface area contributed by atoms with E-state index in [1.54, 1.807) is 7.11 Å². The van der Waals surface area contributed by atoms with Gasteiger partial charge in [-0.2, -0.15) is 0 Å². The van der Waals surface area contributed by atoms with Crippen LogP contribution in [0.2, 0.25) is 0 Å². The fourth-order valence-electron chi connectivity index (χ4n) is 3.56. The Kier molecular flexibility index (Phi) is 4.12. The van der Waals surface area contributed by atoms with E-state index in [0.29, 0.717) is 12.6 Å². The molecule has 2 aliphatic heterocycles. The van der Waals surface area contributed by atoms with Gasteiger partial charge in [0.25, 0.3) is 0 Å². The highest BCUT2D eigenvalue weighted by molar-refractivity contribution is 5.82. The van der Waals surface area contributed by atoms with Gasteiger partial charge in [0.2, 0.25) is 5.91 Å². The molecular formula is C16H23N3O2. The average Bonchev–Trinajstić information content (AvgIpc) is 2.90. The second-order valence-corrected chi connectivity index (χ2v) is 5.88. The zero-order valence-electron chi connectivity index (χ0n) is 12.5. The number of hydrogen-bond donors (Lipinski definition) is 2. The number of hydrogen-bond acceptors (Lipinski definition) is 4. The summed E-state index contributed by atoms with van der Waals surface area (Å²) in [6.45, 7) is 3.18. The van der Waals surface area contributed by atoms with Crippen molar-refractivity contribution in [3.63, 3.8) is 0 Å². The van der Waals surface area contributed by atoms with Crippen LogP contribution in [-0.4, -0.2) is 37.0 Å². The molecular weight excluding hydrogens is 266 g/mol. The van der Waals surface area contributed by atoms with Crippen LogP contribution >= 0.6 is 0 Å². The van der Waals surface area contributed by atoms with Crippen LogP contribution in [0.15, 0.2) is 18.2 Å². The quantitative estimate of drug-likeness (QED) is 0.863. The number of methoxy groups -OCH3 is 1. The lowest BCUT2D eigenvalue weighted by atomic mass is 9.91. The maximum absolute atomic E-state index is 11.8. The summed E-state index contributed by atoms with van der Waals surface area (Å²) in [5.41, 5.74) is 8.05. The average molecular weight is 289 g/mol. The summed E-state index contributed by atoms with van der Waals surface area (Å²) >= 11 is 0. The van der Waals surface area contributed by atoms with Gasteiger partial charge in [0.15, 0.2) is 0 Å². The molecule has 1 aromatic carbocycles. The first-order chi connectivity index (χ1) is 10.2. The number of nitrogens with two attached hydrogens (primary N) is 1. The molecule has 0 bridgehead atoms. The summed E-state index contributed by atoms with van der Waals surface area (Å²) in [5, 5.41) is 3.00. The summed E-state index contributed by atoms with van der Waals surface area (Å²) in [6, 6.07) is 6.53. The van der Waals surface area contributed by atoms with E-state index in [1.165, 1.54) is 5.56 Å². The molecule has 3 rings (SSSR count). The van der Waals surface area contributed by atoms with Crippen LogP contribution in [0, 0.1) is 5.92 Å². The Balaban J connectivity index is 1.75. The van der Waals surface area contributed by atoms with Gasteiger partial charge in [0, 0.05) is 31.2 Å². The molecule has 2 saturated heterocycles. The monoisotopic (exact) mass is 289 g/mol. The Morgan fingerprint density at radius 2 is 2.33 bits per heavy atom. The van der Waals surface area contributed by atoms with E-state index >= 15 is 0 Å². The summed E-state index contributed by atoms with van der Waals surface area (Å²) in [6.07, 6.45) is 2.11. The van der Waals surface area contributed by atoms with E-state index in [4.69, 9.17) is 10.5 Å². The Bertz CT molecular complexity index is 532. The van der Waals surface area contributed by atoms with Gasteiger partial charge in [-0.3, -0.25) is 9.69 Å². The van der Waals surface area contributed by atoms with Crippen LogP contribution in [0.5, 0.6) is 5.75 Å². The van der Waals surface area contributed by atoms with E-state index in [0.717, 1.165) is 43.8 Å². The van der Waals surface area contributed by atoms with Crippen molar-refractivity contribution in [2.45, 2.75) is 32.0 Å². The number of benzene rings is 1. The number of carbonyl (C=O) groups is 1. The molecule has 5 nitrogen and oxygen atoms in total. The van der Waals surface area contributed by atoms with Crippen LogP contribution in [-0.2, 0) is 17.9 Å². The van der Waals surface area contributed by atoms with E-state index in [-0.39, 0.29) is 11.8 Å². The largest absolute Gasteiger partial charge is 0.496 e. The summed E-state index contributed by atoms with van der Waals surface area (Å²) in [4.78, 5) is 14.2. The number of carbonyl (C=O) groups excluding carboxylic acids is 1. The molecule has 3 N–H and O–H groups in total. The first-order valence-corrected chi connectivity index (χ1v) is 7.60. The molecule has 2 atom stereocenters. The van der Waals surface area contributed by atoms with Crippen molar-refractivity contribution in [2.75, 3.05) is 20.2 Å². The molecule has 114 valence electrons. The van der Waals surface area contributed by atoms with Gasteiger partial charge in [0.05, 0.1) is 13.0 Å². The SMILES string of the molecule is COc1ccc(CN2CCCC3C(=O)NCC32)cc1CN. The zero-order valence-corrected chi connectivity index (χ0v) is 12.5. The number of fused-ring (bicyclic) bond motifs is 1. The molecule has 2 fully saturated rings. The van der Waals surface area contributed by atoms with Crippen molar-refractivity contribution in [1.82, 2.24) is 10.2 Å². The van der Waals surface area contributed by atoms with Crippen molar-refractivity contribution in [3.05, 3.63) is 29.3 Å². The lowest BCUT2D eigenvalue weighted by Crippen LogP contribution is -2.44. The van der Waals surface area contributed by atoms with E-state index in [1.807, 2.05) is 6.07 Å². The Morgan fingerprint density at radius 3 is 3.10 bits per heavy atom. The standard InChI is InChI=1S/C16H23N3O2/c1-21-15-5-4-11(7-12(15)8-17)10-19-6-2-3-13-14(19)9-18-16(13)20/h4-5,7,13-14H,2-3,6,8-10,17H2,1H3,(H,18,20). The van der Waals surface area contributed by atoms with Crippen molar-refractivity contribution in [1.29, 1.82) is 0 Å². The molecule has 2 aliphatic rings. The topological polar surface area (TPSA) is 67.6 Å². The maximum Gasteiger partial charge on any atom is 0.224 e. The fourth-order valence-corrected chi connectivity index (χ4v) is 3.56. The number of amides is 1. The molecule has 1 aromatic rings. The van der Waals surface area contributed by atoms with Crippen molar-refractivity contribution >= 4 is 5.91 Å². The van der Waals surface area contributed by atoms with Gasteiger partial charge in [-0.1, -0.05) is 6.07 Å². The van der Waals surface area contributed by atoms with Crippen LogP contribution < -0.4 is 15.8 Å². The van der Waals surface area contributed by atoms with Gasteiger partial charge in [0.1, 0.15) is 5.75 Å². The minimum absolute atomic E-state index is 0.172. The first-order valence-electron chi connectivity index (χ1n) is 7.60. The third-order valence-electron chi connectivity index (χ3n) is 4.67. The Labute approximate surface area is 125 Å². The number of rotatable bonds is 4. The minimum atomic E-state index is 0.172. The van der Waals surface area contributed by atoms with Gasteiger partial charge < -0.3 is 15.8 Å². The molecule has 1 amide bonds. The summed E-state index contributed by atoms with van der Waals surface area (Å²) in [5.74, 6) is 1.24. The van der Waals surface area contributed by atoms with Crippen LogP contribution in [0.1, 0.15) is 24.0 Å². The van der Waals surface area contributed by atoms with Gasteiger partial charge in [-0.25, -0.2) is 0 Å². The summed E-state index contributed by atoms with van der Waals surface area (Å²) in [7, 11) is 1.67. The van der Waals surface area contributed by atoms with Gasteiger partial charge >= 0.3 is 0 Å². The second kappa shape index (κ2) is 6.03. The van der Waals surface area contributed by atoms with Crippen molar-refractivity contribution < 1.29 is 9.53 Å². The second-order valence-electron chi connectivity index (χ2n) is 5.88. The molecule has 2 unspecified atom stereocenters. The lowest BCUT2D eigenvalue weighted by molar-refractivity contribution is -0.124. The van der Waals surface area contributed by atoms with Crippen molar-refractivity contribution in [3.8, 4) is 5.75 Å². The Hall–Kier alpha value is -1.59.